The zero-order chi connectivity index (χ0) is 17.0. The molecule has 0 atom stereocenters. The molecule has 0 fully saturated rings. The van der Waals surface area contributed by atoms with Crippen LogP contribution >= 0.6 is 0 Å². The van der Waals surface area contributed by atoms with Crippen molar-refractivity contribution in [2.24, 2.45) is 0 Å². The maximum Gasteiger partial charge on any atom is 0.321 e. The first kappa shape index (κ1) is 16.2. The standard InChI is InChI=1S/C13H15N5O5/c1-8-12(18(21)22)9(2)17(16-8)7-11(19)15-13(20)14-6-10-4-3-5-23-10/h3-5H,6-7H2,1-2H3,(H2,14,15,19,20). The minimum Gasteiger partial charge on any atom is -0.467 e. The Morgan fingerprint density at radius 3 is 2.74 bits per heavy atom. The second-order valence-electron chi connectivity index (χ2n) is 4.74. The Balaban J connectivity index is 1.91. The van der Waals surface area contributed by atoms with Crippen molar-refractivity contribution in [2.75, 3.05) is 0 Å². The molecule has 122 valence electrons. The minimum absolute atomic E-state index is 0.136. The van der Waals surface area contributed by atoms with E-state index in [1.54, 1.807) is 12.1 Å². The molecule has 0 bridgehead atoms. The number of carbonyl (C=O) groups excluding carboxylic acids is 2. The number of nitrogens with zero attached hydrogens (tertiary/aromatic N) is 3. The van der Waals surface area contributed by atoms with E-state index in [0.29, 0.717) is 5.76 Å². The van der Waals surface area contributed by atoms with Crippen molar-refractivity contribution < 1.29 is 18.9 Å². The number of amides is 3. The van der Waals surface area contributed by atoms with Gasteiger partial charge in [-0.05, 0) is 26.0 Å². The summed E-state index contributed by atoms with van der Waals surface area (Å²) in [6, 6.07) is 2.66. The molecule has 0 aliphatic carbocycles. The molecule has 0 aliphatic heterocycles. The van der Waals surface area contributed by atoms with Crippen molar-refractivity contribution in [3.63, 3.8) is 0 Å². The zero-order valence-electron chi connectivity index (χ0n) is 12.5. The van der Waals surface area contributed by atoms with Crippen LogP contribution in [0.2, 0.25) is 0 Å². The first-order valence-corrected chi connectivity index (χ1v) is 6.67. The molecule has 10 heteroatoms. The largest absolute Gasteiger partial charge is 0.467 e. The van der Waals surface area contributed by atoms with Gasteiger partial charge in [-0.2, -0.15) is 5.10 Å². The van der Waals surface area contributed by atoms with E-state index < -0.39 is 16.9 Å². The highest BCUT2D eigenvalue weighted by Crippen LogP contribution is 2.21. The van der Waals surface area contributed by atoms with Gasteiger partial charge in [0, 0.05) is 0 Å². The second-order valence-corrected chi connectivity index (χ2v) is 4.74. The molecule has 10 nitrogen and oxygen atoms in total. The molecule has 0 saturated carbocycles. The summed E-state index contributed by atoms with van der Waals surface area (Å²) in [6.07, 6.45) is 1.47. The normalized spacial score (nSPS) is 10.3. The summed E-state index contributed by atoms with van der Waals surface area (Å²) < 4.78 is 6.22. The molecule has 0 spiro atoms. The van der Waals surface area contributed by atoms with Crippen LogP contribution in [0.3, 0.4) is 0 Å². The number of carbonyl (C=O) groups is 2. The van der Waals surface area contributed by atoms with Crippen LogP contribution in [0.4, 0.5) is 10.5 Å². The van der Waals surface area contributed by atoms with Crippen molar-refractivity contribution in [3.05, 3.63) is 45.7 Å². The summed E-state index contributed by atoms with van der Waals surface area (Å²) in [5.41, 5.74) is 0.321. The van der Waals surface area contributed by atoms with E-state index in [1.165, 1.54) is 24.8 Å². The van der Waals surface area contributed by atoms with Gasteiger partial charge in [0.2, 0.25) is 5.91 Å². The Morgan fingerprint density at radius 1 is 1.43 bits per heavy atom. The van der Waals surface area contributed by atoms with Gasteiger partial charge in [-0.3, -0.25) is 24.9 Å². The van der Waals surface area contributed by atoms with E-state index in [1.807, 2.05) is 0 Å². The highest BCUT2D eigenvalue weighted by Gasteiger charge is 2.23. The van der Waals surface area contributed by atoms with Gasteiger partial charge in [0.25, 0.3) is 0 Å². The number of hydrogen-bond acceptors (Lipinski definition) is 6. The van der Waals surface area contributed by atoms with Crippen molar-refractivity contribution in [3.8, 4) is 0 Å². The SMILES string of the molecule is Cc1nn(CC(=O)NC(=O)NCc2ccco2)c(C)c1[N+](=O)[O-]. The molecular formula is C13H15N5O5. The van der Waals surface area contributed by atoms with Crippen LogP contribution in [0.1, 0.15) is 17.1 Å². The van der Waals surface area contributed by atoms with Crippen molar-refractivity contribution in [1.82, 2.24) is 20.4 Å². The van der Waals surface area contributed by atoms with Crippen LogP contribution in [0.15, 0.2) is 22.8 Å². The van der Waals surface area contributed by atoms with Gasteiger partial charge in [0.15, 0.2) is 0 Å². The maximum atomic E-state index is 11.8. The number of aromatic nitrogens is 2. The fraction of sp³-hybridized carbons (Fsp3) is 0.308. The third-order valence-electron chi connectivity index (χ3n) is 3.08. The lowest BCUT2D eigenvalue weighted by Crippen LogP contribution is -2.40. The Morgan fingerprint density at radius 2 is 2.17 bits per heavy atom. The average Bonchev–Trinajstić information content (AvgIpc) is 3.05. The predicted octanol–water partition coefficient (Wildman–Crippen LogP) is 1.03. The van der Waals surface area contributed by atoms with Crippen LogP contribution in [0, 0.1) is 24.0 Å². The Hall–Kier alpha value is -3.17. The third kappa shape index (κ3) is 3.93. The molecule has 23 heavy (non-hydrogen) atoms. The smallest absolute Gasteiger partial charge is 0.321 e. The van der Waals surface area contributed by atoms with Crippen LogP contribution in [-0.4, -0.2) is 26.6 Å². The predicted molar refractivity (Wildman–Crippen MR) is 77.4 cm³/mol. The second kappa shape index (κ2) is 6.73. The molecule has 2 N–H and O–H groups in total. The van der Waals surface area contributed by atoms with Crippen LogP contribution in [0.25, 0.3) is 0 Å². The van der Waals surface area contributed by atoms with Crippen LogP contribution < -0.4 is 10.6 Å². The van der Waals surface area contributed by atoms with Crippen molar-refractivity contribution in [2.45, 2.75) is 26.9 Å². The van der Waals surface area contributed by atoms with Crippen LogP contribution in [-0.2, 0) is 17.9 Å². The fourth-order valence-corrected chi connectivity index (χ4v) is 2.03. The van der Waals surface area contributed by atoms with Crippen molar-refractivity contribution in [1.29, 1.82) is 0 Å². The van der Waals surface area contributed by atoms with E-state index in [2.05, 4.69) is 15.7 Å². The molecule has 0 radical (unpaired) electrons. The highest BCUT2D eigenvalue weighted by atomic mass is 16.6. The van der Waals surface area contributed by atoms with Gasteiger partial charge in [-0.1, -0.05) is 0 Å². The zero-order valence-corrected chi connectivity index (χ0v) is 12.5. The molecule has 2 heterocycles. The first-order valence-electron chi connectivity index (χ1n) is 6.67. The summed E-state index contributed by atoms with van der Waals surface area (Å²) >= 11 is 0. The van der Waals surface area contributed by atoms with E-state index in [9.17, 15) is 19.7 Å². The summed E-state index contributed by atoms with van der Waals surface area (Å²) in [6.45, 7) is 2.81. The van der Waals surface area contributed by atoms with Gasteiger partial charge in [0.1, 0.15) is 23.7 Å². The van der Waals surface area contributed by atoms with Gasteiger partial charge in [-0.15, -0.1) is 0 Å². The van der Waals surface area contributed by atoms with Crippen LogP contribution in [0.5, 0.6) is 0 Å². The van der Waals surface area contributed by atoms with Gasteiger partial charge < -0.3 is 9.73 Å². The quantitative estimate of drug-likeness (QED) is 0.624. The molecule has 0 aliphatic rings. The van der Waals surface area contributed by atoms with E-state index in [4.69, 9.17) is 4.42 Å². The van der Waals surface area contributed by atoms with Gasteiger partial charge >= 0.3 is 11.7 Å². The number of nitro groups is 1. The average molecular weight is 321 g/mol. The molecule has 0 saturated heterocycles. The Bertz CT molecular complexity index is 734. The van der Waals surface area contributed by atoms with Gasteiger partial charge in [0.05, 0.1) is 17.7 Å². The fourth-order valence-electron chi connectivity index (χ4n) is 2.03. The molecule has 2 aromatic rings. The Labute approximate surface area is 130 Å². The highest BCUT2D eigenvalue weighted by molar-refractivity contribution is 5.94. The maximum absolute atomic E-state index is 11.8. The number of nitrogens with one attached hydrogen (secondary N) is 2. The van der Waals surface area contributed by atoms with Gasteiger partial charge in [-0.25, -0.2) is 4.79 Å². The van der Waals surface area contributed by atoms with Crippen molar-refractivity contribution >= 4 is 17.6 Å². The lowest BCUT2D eigenvalue weighted by atomic mass is 10.3. The summed E-state index contributed by atoms with van der Waals surface area (Å²) in [7, 11) is 0. The topological polar surface area (TPSA) is 132 Å². The molecule has 3 amide bonds. The minimum atomic E-state index is -0.692. The number of furan rings is 1. The summed E-state index contributed by atoms with van der Waals surface area (Å²) in [5, 5.41) is 19.4. The third-order valence-corrected chi connectivity index (χ3v) is 3.08. The number of rotatable bonds is 5. The number of imide groups is 1. The van der Waals surface area contributed by atoms with E-state index in [0.717, 1.165) is 0 Å². The van der Waals surface area contributed by atoms with E-state index in [-0.39, 0.29) is 30.2 Å². The monoisotopic (exact) mass is 321 g/mol. The number of urea groups is 1. The van der Waals surface area contributed by atoms with E-state index >= 15 is 0 Å². The lowest BCUT2D eigenvalue weighted by molar-refractivity contribution is -0.386. The number of aryl methyl sites for hydroxylation is 1. The molecule has 0 aromatic carbocycles. The molecule has 2 rings (SSSR count). The summed E-state index contributed by atoms with van der Waals surface area (Å²) in [5.74, 6) is -0.0933. The lowest BCUT2D eigenvalue weighted by Gasteiger charge is -2.06. The summed E-state index contributed by atoms with van der Waals surface area (Å²) in [4.78, 5) is 33.7. The number of hydrogen-bond donors (Lipinski definition) is 2. The Kier molecular flexibility index (Phi) is 4.74. The molecular weight excluding hydrogens is 306 g/mol. The molecule has 2 aromatic heterocycles. The first-order chi connectivity index (χ1) is 10.9. The molecule has 0 unspecified atom stereocenters.